The first kappa shape index (κ1) is 15.3. The Bertz CT molecular complexity index is 664. The molecule has 0 amide bonds. The molecule has 0 bridgehead atoms. The quantitative estimate of drug-likeness (QED) is 0.938. The van der Waals surface area contributed by atoms with Crippen LogP contribution in [-0.4, -0.2) is 41.7 Å². The van der Waals surface area contributed by atoms with Crippen molar-refractivity contribution in [2.45, 2.75) is 12.0 Å². The van der Waals surface area contributed by atoms with Gasteiger partial charge in [0, 0.05) is 30.2 Å². The average Bonchev–Trinajstić information content (AvgIpc) is 2.98. The Kier molecular flexibility index (Phi) is 4.12. The molecule has 1 aromatic heterocycles. The fraction of sp³-hybridized carbons (Fsp3) is 0.429. The predicted molar refractivity (Wildman–Crippen MR) is 77.0 cm³/mol. The summed E-state index contributed by atoms with van der Waals surface area (Å²) < 4.78 is 33.7. The topological polar surface area (TPSA) is 54.2 Å². The second-order valence-electron chi connectivity index (χ2n) is 5.24. The van der Waals surface area contributed by atoms with Gasteiger partial charge >= 0.3 is 11.8 Å². The molecular formula is C14H15ClF2N4O. The molecule has 1 aliphatic rings. The van der Waals surface area contributed by atoms with Crippen LogP contribution in [0.2, 0.25) is 5.02 Å². The molecule has 1 atom stereocenters. The highest BCUT2D eigenvalue weighted by Crippen LogP contribution is 2.36. The van der Waals surface area contributed by atoms with Crippen LogP contribution in [0.1, 0.15) is 23.3 Å². The minimum absolute atomic E-state index is 0.179. The first-order valence-electron chi connectivity index (χ1n) is 6.87. The molecule has 1 aliphatic heterocycles. The third-order valence-corrected chi connectivity index (χ3v) is 3.94. The fourth-order valence-corrected chi connectivity index (χ4v) is 2.59. The van der Waals surface area contributed by atoms with Crippen LogP contribution in [0, 0.1) is 0 Å². The van der Waals surface area contributed by atoms with Gasteiger partial charge < -0.3 is 9.84 Å². The Labute approximate surface area is 131 Å². The van der Waals surface area contributed by atoms with Crippen molar-refractivity contribution in [3.63, 3.8) is 0 Å². The summed E-state index contributed by atoms with van der Waals surface area (Å²) in [6.07, 6.45) is 0. The van der Waals surface area contributed by atoms with E-state index in [9.17, 15) is 8.78 Å². The van der Waals surface area contributed by atoms with Gasteiger partial charge in [0.15, 0.2) is 5.82 Å². The second kappa shape index (κ2) is 5.91. The van der Waals surface area contributed by atoms with Crippen LogP contribution < -0.4 is 5.32 Å². The zero-order chi connectivity index (χ0) is 15.7. The summed E-state index contributed by atoms with van der Waals surface area (Å²) in [6, 6.07) is 5.29. The number of halogens is 3. The number of piperazine rings is 1. The zero-order valence-corrected chi connectivity index (χ0v) is 12.6. The van der Waals surface area contributed by atoms with Crippen molar-refractivity contribution in [2.75, 3.05) is 26.7 Å². The molecule has 0 radical (unpaired) electrons. The standard InChI is InChI=1S/C14H15ClF2N4O/c1-21-6-5-18-8-11(21)12-19-13(22-20-12)14(16,17)9-3-2-4-10(15)7-9/h2-4,7,11,18H,5-6,8H2,1H3. The van der Waals surface area contributed by atoms with Crippen LogP contribution in [0.25, 0.3) is 0 Å². The van der Waals surface area contributed by atoms with Gasteiger partial charge in [0.25, 0.3) is 0 Å². The van der Waals surface area contributed by atoms with Gasteiger partial charge in [0.1, 0.15) is 0 Å². The highest BCUT2D eigenvalue weighted by Gasteiger charge is 2.41. The number of likely N-dealkylation sites (N-methyl/N-ethyl adjacent to an activating group) is 1. The second-order valence-corrected chi connectivity index (χ2v) is 5.68. The van der Waals surface area contributed by atoms with Crippen LogP contribution in [0.4, 0.5) is 8.78 Å². The molecule has 1 fully saturated rings. The molecule has 22 heavy (non-hydrogen) atoms. The fourth-order valence-electron chi connectivity index (χ4n) is 2.40. The van der Waals surface area contributed by atoms with Crippen molar-refractivity contribution in [2.24, 2.45) is 0 Å². The number of nitrogens with zero attached hydrogens (tertiary/aromatic N) is 3. The van der Waals surface area contributed by atoms with Crippen LogP contribution >= 0.6 is 11.6 Å². The summed E-state index contributed by atoms with van der Waals surface area (Å²) >= 11 is 5.77. The Hall–Kier alpha value is -1.57. The number of hydrogen-bond donors (Lipinski definition) is 1. The number of benzene rings is 1. The monoisotopic (exact) mass is 328 g/mol. The SMILES string of the molecule is CN1CCNCC1c1noc(C(F)(F)c2cccc(Cl)c2)n1. The summed E-state index contributed by atoms with van der Waals surface area (Å²) in [5, 5.41) is 7.14. The molecule has 1 aromatic carbocycles. The Balaban J connectivity index is 1.89. The number of nitrogens with one attached hydrogen (secondary N) is 1. The van der Waals surface area contributed by atoms with Gasteiger partial charge in [0.05, 0.1) is 6.04 Å². The average molecular weight is 329 g/mol. The van der Waals surface area contributed by atoms with Crippen molar-refractivity contribution in [1.29, 1.82) is 0 Å². The van der Waals surface area contributed by atoms with E-state index in [1.807, 2.05) is 11.9 Å². The molecule has 2 aromatic rings. The lowest BCUT2D eigenvalue weighted by molar-refractivity contribution is 0.00762. The Morgan fingerprint density at radius 1 is 1.45 bits per heavy atom. The molecule has 0 aliphatic carbocycles. The smallest absolute Gasteiger partial charge is 0.332 e. The van der Waals surface area contributed by atoms with Gasteiger partial charge in [-0.05, 0) is 19.2 Å². The molecule has 2 heterocycles. The molecule has 1 N–H and O–H groups in total. The van der Waals surface area contributed by atoms with Gasteiger partial charge in [-0.3, -0.25) is 4.90 Å². The third-order valence-electron chi connectivity index (χ3n) is 3.71. The lowest BCUT2D eigenvalue weighted by atomic mass is 10.1. The number of aromatic nitrogens is 2. The summed E-state index contributed by atoms with van der Waals surface area (Å²) in [7, 11) is 1.90. The van der Waals surface area contributed by atoms with E-state index in [1.54, 1.807) is 0 Å². The maximum Gasteiger partial charge on any atom is 0.350 e. The highest BCUT2D eigenvalue weighted by atomic mass is 35.5. The van der Waals surface area contributed by atoms with Crippen LogP contribution in [0.3, 0.4) is 0 Å². The predicted octanol–water partition coefficient (Wildman–Crippen LogP) is 2.44. The van der Waals surface area contributed by atoms with Crippen molar-refractivity contribution in [3.8, 4) is 0 Å². The zero-order valence-electron chi connectivity index (χ0n) is 11.9. The van der Waals surface area contributed by atoms with E-state index in [4.69, 9.17) is 16.1 Å². The highest BCUT2D eigenvalue weighted by molar-refractivity contribution is 6.30. The van der Waals surface area contributed by atoms with Gasteiger partial charge in [-0.2, -0.15) is 13.8 Å². The van der Waals surface area contributed by atoms with E-state index in [-0.39, 0.29) is 22.5 Å². The van der Waals surface area contributed by atoms with Crippen molar-refractivity contribution in [3.05, 3.63) is 46.6 Å². The summed E-state index contributed by atoms with van der Waals surface area (Å²) in [6.45, 7) is 2.23. The first-order valence-corrected chi connectivity index (χ1v) is 7.25. The van der Waals surface area contributed by atoms with Crippen molar-refractivity contribution in [1.82, 2.24) is 20.4 Å². The minimum atomic E-state index is -3.38. The molecule has 0 spiro atoms. The minimum Gasteiger partial charge on any atom is -0.332 e. The van der Waals surface area contributed by atoms with E-state index in [2.05, 4.69) is 15.5 Å². The molecule has 5 nitrogen and oxygen atoms in total. The summed E-state index contributed by atoms with van der Waals surface area (Å²) in [5.41, 5.74) is -0.273. The maximum absolute atomic E-state index is 14.5. The van der Waals surface area contributed by atoms with Gasteiger partial charge in [-0.1, -0.05) is 28.9 Å². The Morgan fingerprint density at radius 2 is 2.27 bits per heavy atom. The number of alkyl halides is 2. The number of rotatable bonds is 3. The van der Waals surface area contributed by atoms with Crippen LogP contribution in [0.15, 0.2) is 28.8 Å². The van der Waals surface area contributed by atoms with Crippen molar-refractivity contribution < 1.29 is 13.3 Å². The van der Waals surface area contributed by atoms with E-state index in [0.717, 1.165) is 13.1 Å². The summed E-state index contributed by atoms with van der Waals surface area (Å²) in [4.78, 5) is 5.91. The molecule has 118 valence electrons. The normalized spacial score (nSPS) is 20.3. The lowest BCUT2D eigenvalue weighted by Gasteiger charge is -2.30. The van der Waals surface area contributed by atoms with Crippen LogP contribution in [-0.2, 0) is 5.92 Å². The van der Waals surface area contributed by atoms with Crippen LogP contribution in [0.5, 0.6) is 0 Å². The van der Waals surface area contributed by atoms with Crippen molar-refractivity contribution >= 4 is 11.6 Å². The largest absolute Gasteiger partial charge is 0.350 e. The molecule has 0 saturated carbocycles. The molecule has 3 rings (SSSR count). The van der Waals surface area contributed by atoms with E-state index < -0.39 is 11.8 Å². The third kappa shape index (κ3) is 2.84. The van der Waals surface area contributed by atoms with Gasteiger partial charge in [-0.25, -0.2) is 0 Å². The molecular weight excluding hydrogens is 314 g/mol. The number of hydrogen-bond acceptors (Lipinski definition) is 5. The molecule has 1 saturated heterocycles. The van der Waals surface area contributed by atoms with Gasteiger partial charge in [0.2, 0.25) is 0 Å². The van der Waals surface area contributed by atoms with E-state index >= 15 is 0 Å². The molecule has 1 unspecified atom stereocenters. The van der Waals surface area contributed by atoms with E-state index in [1.165, 1.54) is 24.3 Å². The van der Waals surface area contributed by atoms with E-state index in [0.29, 0.717) is 6.54 Å². The maximum atomic E-state index is 14.5. The summed E-state index contributed by atoms with van der Waals surface area (Å²) in [5.74, 6) is -3.84. The Morgan fingerprint density at radius 3 is 3.00 bits per heavy atom. The first-order chi connectivity index (χ1) is 10.5. The van der Waals surface area contributed by atoms with Gasteiger partial charge in [-0.15, -0.1) is 0 Å². The molecule has 8 heteroatoms. The lowest BCUT2D eigenvalue weighted by Crippen LogP contribution is -2.44.